The number of nitrogens with one attached hydrogen (secondary N) is 1. The Balaban J connectivity index is 1.90. The number of rotatable bonds is 4. The number of aliphatic hydroxyl groups is 1. The Kier molecular flexibility index (Phi) is 5.22. The zero-order valence-corrected chi connectivity index (χ0v) is 11.7. The number of ether oxygens (including phenoxy) is 1. The van der Waals surface area contributed by atoms with Gasteiger partial charge in [-0.05, 0) is 19.1 Å². The largest absolute Gasteiger partial charge is 0.394 e. The average molecular weight is 300 g/mol. The topological polar surface area (TPSA) is 61.8 Å². The number of hydrogen-bond donors (Lipinski definition) is 2. The molecular weight excluding hydrogens is 282 g/mol. The summed E-state index contributed by atoms with van der Waals surface area (Å²) in [7, 11) is 0. The van der Waals surface area contributed by atoms with Gasteiger partial charge in [0.15, 0.2) is 11.6 Å². The highest BCUT2D eigenvalue weighted by Crippen LogP contribution is 2.14. The lowest BCUT2D eigenvalue weighted by Crippen LogP contribution is -2.50. The number of hydrogen-bond acceptors (Lipinski definition) is 4. The number of carbonyl (C=O) groups excluding carboxylic acids is 1. The molecule has 0 bridgehead atoms. The highest BCUT2D eigenvalue weighted by Gasteiger charge is 2.25. The standard InChI is InChI=1S/C14H18F2N2O3/c1-9-5-18(6-11(8-19)21-9)7-14(20)17-10-2-3-12(15)13(16)4-10/h2-4,9,11,19H,5-8H2,1H3,(H,17,20). The molecule has 21 heavy (non-hydrogen) atoms. The summed E-state index contributed by atoms with van der Waals surface area (Å²) in [6.45, 7) is 2.88. The molecule has 1 aromatic rings. The van der Waals surface area contributed by atoms with E-state index in [4.69, 9.17) is 9.84 Å². The highest BCUT2D eigenvalue weighted by atomic mass is 19.2. The van der Waals surface area contributed by atoms with Crippen LogP contribution in [0.2, 0.25) is 0 Å². The molecule has 7 heteroatoms. The minimum Gasteiger partial charge on any atom is -0.394 e. The predicted octanol–water partition coefficient (Wildman–Crippen LogP) is 0.985. The minimum absolute atomic E-state index is 0.0769. The number of carbonyl (C=O) groups is 1. The molecule has 1 aliphatic rings. The van der Waals surface area contributed by atoms with Gasteiger partial charge < -0.3 is 15.2 Å². The van der Waals surface area contributed by atoms with Crippen LogP contribution >= 0.6 is 0 Å². The molecule has 1 heterocycles. The summed E-state index contributed by atoms with van der Waals surface area (Å²) in [5.41, 5.74) is 0.207. The molecule has 5 nitrogen and oxygen atoms in total. The van der Waals surface area contributed by atoms with E-state index in [1.54, 1.807) is 0 Å². The number of anilines is 1. The van der Waals surface area contributed by atoms with E-state index in [0.29, 0.717) is 13.1 Å². The molecule has 1 aliphatic heterocycles. The fourth-order valence-electron chi connectivity index (χ4n) is 2.35. The summed E-state index contributed by atoms with van der Waals surface area (Å²) in [6, 6.07) is 3.20. The second-order valence-corrected chi connectivity index (χ2v) is 5.12. The highest BCUT2D eigenvalue weighted by molar-refractivity contribution is 5.92. The Morgan fingerprint density at radius 1 is 1.43 bits per heavy atom. The van der Waals surface area contributed by atoms with Gasteiger partial charge in [0.2, 0.25) is 5.91 Å². The van der Waals surface area contributed by atoms with Crippen molar-refractivity contribution in [3.8, 4) is 0 Å². The molecule has 0 spiro atoms. The molecule has 2 rings (SSSR count). The van der Waals surface area contributed by atoms with E-state index in [2.05, 4.69) is 5.32 Å². The zero-order chi connectivity index (χ0) is 15.4. The van der Waals surface area contributed by atoms with Crippen molar-refractivity contribution in [3.05, 3.63) is 29.8 Å². The number of benzene rings is 1. The molecule has 0 radical (unpaired) electrons. The molecule has 0 aliphatic carbocycles. The number of aliphatic hydroxyl groups excluding tert-OH is 1. The van der Waals surface area contributed by atoms with Crippen LogP contribution in [0.3, 0.4) is 0 Å². The lowest BCUT2D eigenvalue weighted by atomic mass is 10.2. The van der Waals surface area contributed by atoms with Gasteiger partial charge in [0.1, 0.15) is 0 Å². The molecule has 1 saturated heterocycles. The Labute approximate surface area is 121 Å². The number of halogens is 2. The third-order valence-corrected chi connectivity index (χ3v) is 3.18. The van der Waals surface area contributed by atoms with Crippen molar-refractivity contribution >= 4 is 11.6 Å². The van der Waals surface area contributed by atoms with Gasteiger partial charge >= 0.3 is 0 Å². The smallest absolute Gasteiger partial charge is 0.238 e. The quantitative estimate of drug-likeness (QED) is 0.870. The Morgan fingerprint density at radius 2 is 2.19 bits per heavy atom. The van der Waals surface area contributed by atoms with Crippen LogP contribution in [-0.2, 0) is 9.53 Å². The van der Waals surface area contributed by atoms with Crippen LogP contribution in [0.5, 0.6) is 0 Å². The summed E-state index contributed by atoms with van der Waals surface area (Å²) in [6.07, 6.45) is -0.392. The van der Waals surface area contributed by atoms with E-state index in [1.807, 2.05) is 11.8 Å². The van der Waals surface area contributed by atoms with E-state index in [9.17, 15) is 13.6 Å². The van der Waals surface area contributed by atoms with Gasteiger partial charge in [-0.25, -0.2) is 8.78 Å². The molecule has 2 unspecified atom stereocenters. The molecule has 1 fully saturated rings. The first-order valence-electron chi connectivity index (χ1n) is 6.71. The van der Waals surface area contributed by atoms with Gasteiger partial charge in [-0.2, -0.15) is 0 Å². The molecule has 0 saturated carbocycles. The predicted molar refractivity (Wildman–Crippen MR) is 72.8 cm³/mol. The second-order valence-electron chi connectivity index (χ2n) is 5.12. The lowest BCUT2D eigenvalue weighted by Gasteiger charge is -2.35. The van der Waals surface area contributed by atoms with Crippen LogP contribution < -0.4 is 5.32 Å². The lowest BCUT2D eigenvalue weighted by molar-refractivity contribution is -0.124. The summed E-state index contributed by atoms with van der Waals surface area (Å²) >= 11 is 0. The van der Waals surface area contributed by atoms with E-state index >= 15 is 0 Å². The first kappa shape index (κ1) is 15.8. The van der Waals surface area contributed by atoms with Crippen molar-refractivity contribution in [3.63, 3.8) is 0 Å². The van der Waals surface area contributed by atoms with Crippen molar-refractivity contribution in [1.29, 1.82) is 0 Å². The molecule has 1 amide bonds. The Hall–Kier alpha value is -1.57. The minimum atomic E-state index is -1.01. The van der Waals surface area contributed by atoms with Gasteiger partial charge in [0.05, 0.1) is 25.4 Å². The van der Waals surface area contributed by atoms with Crippen LogP contribution in [0.15, 0.2) is 18.2 Å². The fourth-order valence-corrected chi connectivity index (χ4v) is 2.35. The monoisotopic (exact) mass is 300 g/mol. The maximum atomic E-state index is 13.1. The molecule has 116 valence electrons. The summed E-state index contributed by atoms with van der Waals surface area (Å²) in [5, 5.41) is 11.6. The maximum Gasteiger partial charge on any atom is 0.238 e. The first-order valence-corrected chi connectivity index (χ1v) is 6.71. The molecular formula is C14H18F2N2O3. The van der Waals surface area contributed by atoms with Crippen molar-refractivity contribution in [2.24, 2.45) is 0 Å². The van der Waals surface area contributed by atoms with Crippen molar-refractivity contribution in [2.75, 3.05) is 31.6 Å². The third kappa shape index (κ3) is 4.45. The van der Waals surface area contributed by atoms with Crippen LogP contribution in [0, 0.1) is 11.6 Å². The molecule has 2 N–H and O–H groups in total. The second kappa shape index (κ2) is 6.93. The number of nitrogens with zero attached hydrogens (tertiary/aromatic N) is 1. The van der Waals surface area contributed by atoms with Crippen molar-refractivity contribution < 1.29 is 23.4 Å². The van der Waals surface area contributed by atoms with Gasteiger partial charge in [0, 0.05) is 24.8 Å². The number of amides is 1. The van der Waals surface area contributed by atoms with Crippen molar-refractivity contribution in [1.82, 2.24) is 4.90 Å². The van der Waals surface area contributed by atoms with Crippen molar-refractivity contribution in [2.45, 2.75) is 19.1 Å². The van der Waals surface area contributed by atoms with Gasteiger partial charge in [-0.3, -0.25) is 9.69 Å². The fraction of sp³-hybridized carbons (Fsp3) is 0.500. The summed E-state index contributed by atoms with van der Waals surface area (Å²) < 4.78 is 31.3. The van der Waals surface area contributed by atoms with Crippen LogP contribution in [0.1, 0.15) is 6.92 Å². The van der Waals surface area contributed by atoms with E-state index in [-0.39, 0.29) is 37.0 Å². The van der Waals surface area contributed by atoms with Crippen LogP contribution in [-0.4, -0.2) is 54.4 Å². The zero-order valence-electron chi connectivity index (χ0n) is 11.7. The summed E-state index contributed by atoms with van der Waals surface area (Å²) in [5.74, 6) is -2.29. The number of morpholine rings is 1. The van der Waals surface area contributed by atoms with Gasteiger partial charge in [-0.1, -0.05) is 0 Å². The normalized spacial score (nSPS) is 23.0. The van der Waals surface area contributed by atoms with Gasteiger partial charge in [0.25, 0.3) is 0 Å². The maximum absolute atomic E-state index is 13.1. The molecule has 0 aromatic heterocycles. The summed E-state index contributed by atoms with van der Waals surface area (Å²) in [4.78, 5) is 13.8. The first-order chi connectivity index (χ1) is 9.97. The van der Waals surface area contributed by atoms with Crippen LogP contribution in [0.4, 0.5) is 14.5 Å². The SMILES string of the molecule is CC1CN(CC(=O)Nc2ccc(F)c(F)c2)CC(CO)O1. The third-order valence-electron chi connectivity index (χ3n) is 3.18. The molecule has 2 atom stereocenters. The van der Waals surface area contributed by atoms with E-state index < -0.39 is 11.6 Å². The average Bonchev–Trinajstić information content (AvgIpc) is 2.42. The van der Waals surface area contributed by atoms with Crippen LogP contribution in [0.25, 0.3) is 0 Å². The Bertz CT molecular complexity index is 513. The molecule has 1 aromatic carbocycles. The van der Waals surface area contributed by atoms with E-state index in [0.717, 1.165) is 12.1 Å². The Morgan fingerprint density at radius 3 is 2.86 bits per heavy atom. The van der Waals surface area contributed by atoms with E-state index in [1.165, 1.54) is 6.07 Å². The van der Waals surface area contributed by atoms with Gasteiger partial charge in [-0.15, -0.1) is 0 Å².